The fourth-order valence-corrected chi connectivity index (χ4v) is 2.40. The number of hydrogen-bond donors (Lipinski definition) is 1. The molecule has 1 aliphatic rings. The number of ether oxygens (including phenoxy) is 1. The van der Waals surface area contributed by atoms with E-state index in [4.69, 9.17) is 10.5 Å². The number of carbonyl (C=O) groups is 1. The summed E-state index contributed by atoms with van der Waals surface area (Å²) in [7, 11) is 1.65. The number of methoxy groups -OCH3 is 1. The lowest BCUT2D eigenvalue weighted by molar-refractivity contribution is -0.123. The molecular formula is C12H18N4O2. The molecule has 1 aliphatic heterocycles. The minimum absolute atomic E-state index is 0.116. The van der Waals surface area contributed by atoms with Gasteiger partial charge in [-0.3, -0.25) is 4.79 Å². The summed E-state index contributed by atoms with van der Waals surface area (Å²) in [6.45, 7) is 1.28. The highest BCUT2D eigenvalue weighted by atomic mass is 16.5. The molecule has 0 aliphatic carbocycles. The van der Waals surface area contributed by atoms with Gasteiger partial charge in [0.2, 0.25) is 6.41 Å². The Morgan fingerprint density at radius 1 is 1.56 bits per heavy atom. The van der Waals surface area contributed by atoms with Gasteiger partial charge in [0.15, 0.2) is 0 Å². The summed E-state index contributed by atoms with van der Waals surface area (Å²) >= 11 is 0. The molecule has 2 heterocycles. The van der Waals surface area contributed by atoms with E-state index >= 15 is 0 Å². The van der Waals surface area contributed by atoms with E-state index in [-0.39, 0.29) is 6.04 Å². The Labute approximate surface area is 106 Å². The predicted molar refractivity (Wildman–Crippen MR) is 66.9 cm³/mol. The second-order valence-corrected chi connectivity index (χ2v) is 4.56. The van der Waals surface area contributed by atoms with E-state index in [0.29, 0.717) is 18.3 Å². The smallest absolute Gasteiger partial charge is 0.210 e. The molecule has 2 N–H and O–H groups in total. The zero-order valence-corrected chi connectivity index (χ0v) is 10.5. The van der Waals surface area contributed by atoms with Crippen LogP contribution >= 0.6 is 0 Å². The van der Waals surface area contributed by atoms with E-state index in [1.165, 1.54) is 0 Å². The quantitative estimate of drug-likeness (QED) is 0.783. The van der Waals surface area contributed by atoms with Crippen LogP contribution in [0, 0.1) is 0 Å². The molecule has 2 atom stereocenters. The van der Waals surface area contributed by atoms with E-state index in [9.17, 15) is 4.79 Å². The van der Waals surface area contributed by atoms with Crippen molar-refractivity contribution in [1.82, 2.24) is 15.1 Å². The number of anilines is 1. The first kappa shape index (κ1) is 12.8. The third-order valence-corrected chi connectivity index (χ3v) is 3.38. The van der Waals surface area contributed by atoms with Gasteiger partial charge in [-0.2, -0.15) is 5.10 Å². The maximum Gasteiger partial charge on any atom is 0.210 e. The molecule has 0 aromatic carbocycles. The molecule has 0 spiro atoms. The van der Waals surface area contributed by atoms with Gasteiger partial charge >= 0.3 is 0 Å². The van der Waals surface area contributed by atoms with Crippen molar-refractivity contribution in [3.8, 4) is 0 Å². The summed E-state index contributed by atoms with van der Waals surface area (Å²) < 4.78 is 5.16. The van der Waals surface area contributed by atoms with Crippen LogP contribution in [0.3, 0.4) is 0 Å². The molecule has 6 nitrogen and oxygen atoms in total. The van der Waals surface area contributed by atoms with Crippen LogP contribution in [0.2, 0.25) is 0 Å². The number of carbonyl (C=O) groups excluding carboxylic acids is 1. The summed E-state index contributed by atoms with van der Waals surface area (Å²) in [5, 5.41) is 8.00. The van der Waals surface area contributed by atoms with E-state index in [1.54, 1.807) is 18.1 Å². The maximum atomic E-state index is 11.0. The highest BCUT2D eigenvalue weighted by molar-refractivity contribution is 5.48. The number of likely N-dealkylation sites (tertiary alicyclic amines) is 1. The highest BCUT2D eigenvalue weighted by Crippen LogP contribution is 2.29. The van der Waals surface area contributed by atoms with Gasteiger partial charge in [0.1, 0.15) is 5.82 Å². The fourth-order valence-electron chi connectivity index (χ4n) is 2.40. The van der Waals surface area contributed by atoms with E-state index in [2.05, 4.69) is 10.2 Å². The lowest BCUT2D eigenvalue weighted by Gasteiger charge is -2.36. The molecule has 1 amide bonds. The average Bonchev–Trinajstić information content (AvgIpc) is 2.40. The van der Waals surface area contributed by atoms with Crippen LogP contribution in [0.1, 0.15) is 24.5 Å². The zero-order valence-electron chi connectivity index (χ0n) is 10.5. The Morgan fingerprint density at radius 3 is 3.00 bits per heavy atom. The van der Waals surface area contributed by atoms with Crippen molar-refractivity contribution in [3.05, 3.63) is 17.8 Å². The molecule has 1 saturated heterocycles. The maximum absolute atomic E-state index is 11.0. The number of nitrogens with zero attached hydrogens (tertiary/aromatic N) is 3. The molecule has 2 unspecified atom stereocenters. The fraction of sp³-hybridized carbons (Fsp3) is 0.583. The third kappa shape index (κ3) is 2.76. The van der Waals surface area contributed by atoms with Crippen molar-refractivity contribution in [3.63, 3.8) is 0 Å². The Kier molecular flexibility index (Phi) is 4.09. The SMILES string of the molecule is COCC1CC(c2ccc(N)nn2)CCN1C=O. The van der Waals surface area contributed by atoms with Gasteiger partial charge in [0.05, 0.1) is 18.3 Å². The van der Waals surface area contributed by atoms with Gasteiger partial charge in [0, 0.05) is 19.6 Å². The number of nitrogen functional groups attached to an aromatic ring is 1. The monoisotopic (exact) mass is 250 g/mol. The van der Waals surface area contributed by atoms with Crippen molar-refractivity contribution in [1.29, 1.82) is 0 Å². The zero-order chi connectivity index (χ0) is 13.0. The van der Waals surface area contributed by atoms with Crippen LogP contribution in [0.15, 0.2) is 12.1 Å². The predicted octanol–water partition coefficient (Wildman–Crippen LogP) is 0.410. The highest BCUT2D eigenvalue weighted by Gasteiger charge is 2.29. The van der Waals surface area contributed by atoms with Crippen LogP contribution in [-0.2, 0) is 9.53 Å². The lowest BCUT2D eigenvalue weighted by atomic mass is 9.88. The molecule has 1 aromatic rings. The van der Waals surface area contributed by atoms with Crippen molar-refractivity contribution >= 4 is 12.2 Å². The van der Waals surface area contributed by atoms with Crippen LogP contribution in [0.5, 0.6) is 0 Å². The number of piperidine rings is 1. The molecule has 1 aromatic heterocycles. The van der Waals surface area contributed by atoms with Crippen LogP contribution < -0.4 is 5.73 Å². The van der Waals surface area contributed by atoms with Gasteiger partial charge in [-0.1, -0.05) is 0 Å². The minimum Gasteiger partial charge on any atom is -0.383 e. The first-order chi connectivity index (χ1) is 8.74. The summed E-state index contributed by atoms with van der Waals surface area (Å²) in [5.74, 6) is 0.743. The second kappa shape index (κ2) is 5.77. The first-order valence-corrected chi connectivity index (χ1v) is 6.03. The summed E-state index contributed by atoms with van der Waals surface area (Å²) in [4.78, 5) is 12.8. The molecule has 2 rings (SSSR count). The van der Waals surface area contributed by atoms with Crippen LogP contribution in [-0.4, -0.2) is 47.8 Å². The lowest BCUT2D eigenvalue weighted by Crippen LogP contribution is -2.43. The molecule has 0 saturated carbocycles. The van der Waals surface area contributed by atoms with Crippen molar-refractivity contribution < 1.29 is 9.53 Å². The van der Waals surface area contributed by atoms with E-state index in [1.807, 2.05) is 6.07 Å². The Bertz CT molecular complexity index is 396. The van der Waals surface area contributed by atoms with Gasteiger partial charge in [-0.15, -0.1) is 5.10 Å². The van der Waals surface area contributed by atoms with E-state index < -0.39 is 0 Å². The summed E-state index contributed by atoms with van der Waals surface area (Å²) in [6, 6.07) is 3.79. The van der Waals surface area contributed by atoms with Gasteiger partial charge < -0.3 is 15.4 Å². The topological polar surface area (TPSA) is 81.3 Å². The Morgan fingerprint density at radius 2 is 2.39 bits per heavy atom. The summed E-state index contributed by atoms with van der Waals surface area (Å²) in [5.41, 5.74) is 6.47. The van der Waals surface area contributed by atoms with Crippen molar-refractivity contribution in [2.75, 3.05) is 26.0 Å². The van der Waals surface area contributed by atoms with Crippen molar-refractivity contribution in [2.24, 2.45) is 0 Å². The average molecular weight is 250 g/mol. The minimum atomic E-state index is 0.116. The third-order valence-electron chi connectivity index (χ3n) is 3.38. The Balaban J connectivity index is 2.07. The van der Waals surface area contributed by atoms with Crippen LogP contribution in [0.25, 0.3) is 0 Å². The Hall–Kier alpha value is -1.69. The molecular weight excluding hydrogens is 232 g/mol. The number of amides is 1. The molecule has 18 heavy (non-hydrogen) atoms. The largest absolute Gasteiger partial charge is 0.383 e. The molecule has 1 fully saturated rings. The van der Waals surface area contributed by atoms with E-state index in [0.717, 1.165) is 31.5 Å². The van der Waals surface area contributed by atoms with Crippen molar-refractivity contribution in [2.45, 2.75) is 24.8 Å². The number of aromatic nitrogens is 2. The normalized spacial score (nSPS) is 23.9. The summed E-state index contributed by atoms with van der Waals surface area (Å²) in [6.07, 6.45) is 2.65. The van der Waals surface area contributed by atoms with Gasteiger partial charge in [-0.25, -0.2) is 0 Å². The first-order valence-electron chi connectivity index (χ1n) is 6.03. The number of rotatable bonds is 4. The standard InChI is InChI=1S/C12H18N4O2/c1-18-7-10-6-9(4-5-16(10)8-17)11-2-3-12(13)15-14-11/h2-3,8-10H,4-7H2,1H3,(H2,13,15). The number of hydrogen-bond acceptors (Lipinski definition) is 5. The molecule has 98 valence electrons. The van der Waals surface area contributed by atoms with Gasteiger partial charge in [-0.05, 0) is 25.0 Å². The molecule has 6 heteroatoms. The molecule has 0 bridgehead atoms. The number of nitrogens with two attached hydrogens (primary N) is 1. The van der Waals surface area contributed by atoms with Gasteiger partial charge in [0.25, 0.3) is 0 Å². The second-order valence-electron chi connectivity index (χ2n) is 4.56. The molecule has 0 radical (unpaired) electrons. The van der Waals surface area contributed by atoms with Crippen LogP contribution in [0.4, 0.5) is 5.82 Å².